The number of methoxy groups -OCH3 is 3. The van der Waals surface area contributed by atoms with E-state index in [1.165, 1.54) is 0 Å². The Hall–Kier alpha value is -3.01. The number of carbonyl (C=O) groups is 1. The Bertz CT molecular complexity index is 1020. The molecule has 1 saturated heterocycles. The number of hydrogen-bond acceptors (Lipinski definition) is 6. The second-order valence-corrected chi connectivity index (χ2v) is 8.10. The van der Waals surface area contributed by atoms with Gasteiger partial charge in [-0.25, -0.2) is 0 Å². The molecule has 0 spiro atoms. The zero-order valence-electron chi connectivity index (χ0n) is 19.1. The van der Waals surface area contributed by atoms with Crippen LogP contribution < -0.4 is 25.7 Å². The van der Waals surface area contributed by atoms with Crippen LogP contribution >= 0.6 is 11.6 Å². The number of rotatable bonds is 8. The third-order valence-corrected chi connectivity index (χ3v) is 5.93. The number of amides is 1. The third kappa shape index (κ3) is 6.07. The van der Waals surface area contributed by atoms with E-state index in [9.17, 15) is 4.79 Å². The summed E-state index contributed by atoms with van der Waals surface area (Å²) >= 11 is 6.38. The van der Waals surface area contributed by atoms with Gasteiger partial charge in [0.2, 0.25) is 5.75 Å². The molecular formula is C23H30ClN5O4. The number of benzene rings is 2. The standard InChI is InChI=1S/C23H30ClN5O4/c1-31-19-7-5-16(20(32-2)21(19)33-3)13-28-8-10-29(11-9-28)14-17-12-15(4-6-18(17)24)22(30)27-23(25)26/h4-7,12H,8-11,13-14H2,1-3H3,(H4,25,26,27,30). The fraction of sp³-hybridized carbons (Fsp3) is 0.391. The predicted molar refractivity (Wildman–Crippen MR) is 128 cm³/mol. The second-order valence-electron chi connectivity index (χ2n) is 7.69. The molecule has 0 unspecified atom stereocenters. The van der Waals surface area contributed by atoms with E-state index in [1.807, 2.05) is 12.1 Å². The van der Waals surface area contributed by atoms with Crippen LogP contribution in [-0.4, -0.2) is 69.2 Å². The molecule has 10 heteroatoms. The molecule has 1 amide bonds. The number of ether oxygens (including phenoxy) is 3. The molecule has 0 aliphatic carbocycles. The summed E-state index contributed by atoms with van der Waals surface area (Å²) in [7, 11) is 4.84. The lowest BCUT2D eigenvalue weighted by Gasteiger charge is -2.35. The highest BCUT2D eigenvalue weighted by molar-refractivity contribution is 6.31. The van der Waals surface area contributed by atoms with Crippen molar-refractivity contribution in [3.63, 3.8) is 0 Å². The summed E-state index contributed by atoms with van der Waals surface area (Å²) in [4.78, 5) is 20.4. The summed E-state index contributed by atoms with van der Waals surface area (Å²) in [5, 5.41) is 0.605. The van der Waals surface area contributed by atoms with Crippen LogP contribution in [0.5, 0.6) is 17.2 Å². The van der Waals surface area contributed by atoms with Crippen LogP contribution in [0.2, 0.25) is 5.02 Å². The maximum Gasteiger partial charge on any atom is 0.280 e. The van der Waals surface area contributed by atoms with Gasteiger partial charge < -0.3 is 25.7 Å². The number of nitrogens with zero attached hydrogens (tertiary/aromatic N) is 3. The Balaban J connectivity index is 1.63. The van der Waals surface area contributed by atoms with Gasteiger partial charge in [-0.3, -0.25) is 14.6 Å². The third-order valence-electron chi connectivity index (χ3n) is 5.56. The van der Waals surface area contributed by atoms with Crippen molar-refractivity contribution in [3.8, 4) is 17.2 Å². The smallest absolute Gasteiger partial charge is 0.280 e. The SMILES string of the molecule is COc1ccc(CN2CCN(Cc3cc(C(=O)N=C(N)N)ccc3Cl)CC2)c(OC)c1OC. The Kier molecular flexibility index (Phi) is 8.37. The fourth-order valence-electron chi connectivity index (χ4n) is 3.89. The van der Waals surface area contributed by atoms with E-state index in [-0.39, 0.29) is 5.96 Å². The maximum absolute atomic E-state index is 12.1. The Labute approximate surface area is 198 Å². The molecule has 0 saturated carbocycles. The zero-order chi connectivity index (χ0) is 24.0. The van der Waals surface area contributed by atoms with E-state index in [1.54, 1.807) is 39.5 Å². The fourth-order valence-corrected chi connectivity index (χ4v) is 4.06. The van der Waals surface area contributed by atoms with Crippen molar-refractivity contribution in [2.24, 2.45) is 16.5 Å². The Morgan fingerprint density at radius 3 is 2.06 bits per heavy atom. The molecule has 9 nitrogen and oxygen atoms in total. The summed E-state index contributed by atoms with van der Waals surface area (Å²) in [5.41, 5.74) is 12.9. The Morgan fingerprint density at radius 2 is 1.52 bits per heavy atom. The highest BCUT2D eigenvalue weighted by Gasteiger charge is 2.22. The van der Waals surface area contributed by atoms with E-state index in [0.29, 0.717) is 34.4 Å². The quantitative estimate of drug-likeness (QED) is 0.440. The van der Waals surface area contributed by atoms with Crippen molar-refractivity contribution in [1.29, 1.82) is 0 Å². The average molecular weight is 476 g/mol. The second kappa shape index (κ2) is 11.2. The molecule has 2 aromatic rings. The number of carbonyl (C=O) groups excluding carboxylic acids is 1. The molecule has 3 rings (SSSR count). The lowest BCUT2D eigenvalue weighted by molar-refractivity contribution is 0.100. The number of hydrogen-bond donors (Lipinski definition) is 2. The summed E-state index contributed by atoms with van der Waals surface area (Å²) in [5.74, 6) is 1.18. The number of aliphatic imine (C=N–C) groups is 1. The van der Waals surface area contributed by atoms with Crippen molar-refractivity contribution >= 4 is 23.5 Å². The molecule has 2 aromatic carbocycles. The number of nitrogens with two attached hydrogens (primary N) is 2. The molecule has 1 aliphatic rings. The van der Waals surface area contributed by atoms with Crippen molar-refractivity contribution < 1.29 is 19.0 Å². The van der Waals surface area contributed by atoms with E-state index >= 15 is 0 Å². The first-order valence-corrected chi connectivity index (χ1v) is 10.9. The van der Waals surface area contributed by atoms with Gasteiger partial charge in [0.1, 0.15) is 0 Å². The van der Waals surface area contributed by atoms with Gasteiger partial charge in [0.05, 0.1) is 21.3 Å². The van der Waals surface area contributed by atoms with Crippen LogP contribution in [0.4, 0.5) is 0 Å². The van der Waals surface area contributed by atoms with Crippen LogP contribution in [0.1, 0.15) is 21.5 Å². The first-order valence-electron chi connectivity index (χ1n) is 10.5. The number of guanidine groups is 1. The van der Waals surface area contributed by atoms with Gasteiger partial charge in [0.25, 0.3) is 5.91 Å². The van der Waals surface area contributed by atoms with Crippen LogP contribution in [0, 0.1) is 0 Å². The van der Waals surface area contributed by atoms with Crippen LogP contribution in [0.25, 0.3) is 0 Å². The molecule has 0 radical (unpaired) electrons. The Morgan fingerprint density at radius 1 is 0.909 bits per heavy atom. The van der Waals surface area contributed by atoms with E-state index in [0.717, 1.165) is 43.9 Å². The first kappa shape index (κ1) is 24.6. The predicted octanol–water partition coefficient (Wildman–Crippen LogP) is 2.10. The topological polar surface area (TPSA) is 116 Å². The van der Waals surface area contributed by atoms with Crippen LogP contribution in [0.15, 0.2) is 35.3 Å². The summed E-state index contributed by atoms with van der Waals surface area (Å²) in [6.45, 7) is 4.84. The van der Waals surface area contributed by atoms with Crippen molar-refractivity contribution in [3.05, 3.63) is 52.0 Å². The van der Waals surface area contributed by atoms with Crippen molar-refractivity contribution in [1.82, 2.24) is 9.80 Å². The largest absolute Gasteiger partial charge is 0.493 e. The number of piperazine rings is 1. The first-order chi connectivity index (χ1) is 15.9. The molecular weight excluding hydrogens is 446 g/mol. The van der Waals surface area contributed by atoms with E-state index in [2.05, 4.69) is 14.8 Å². The average Bonchev–Trinajstić information content (AvgIpc) is 2.80. The van der Waals surface area contributed by atoms with Gasteiger partial charge in [-0.2, -0.15) is 4.99 Å². The van der Waals surface area contributed by atoms with Gasteiger partial charge >= 0.3 is 0 Å². The molecule has 0 aromatic heterocycles. The van der Waals surface area contributed by atoms with Gasteiger partial charge in [0, 0.05) is 55.4 Å². The molecule has 1 aliphatic heterocycles. The minimum Gasteiger partial charge on any atom is -0.493 e. The molecule has 1 fully saturated rings. The summed E-state index contributed by atoms with van der Waals surface area (Å²) in [6.07, 6.45) is 0. The van der Waals surface area contributed by atoms with Crippen LogP contribution in [-0.2, 0) is 13.1 Å². The highest BCUT2D eigenvalue weighted by Crippen LogP contribution is 2.40. The molecule has 33 heavy (non-hydrogen) atoms. The molecule has 1 heterocycles. The minimum atomic E-state index is -0.485. The zero-order valence-corrected chi connectivity index (χ0v) is 19.9. The number of halogens is 1. The normalized spacial score (nSPS) is 14.5. The van der Waals surface area contributed by atoms with Crippen molar-refractivity contribution in [2.75, 3.05) is 47.5 Å². The lowest BCUT2D eigenvalue weighted by Crippen LogP contribution is -2.45. The highest BCUT2D eigenvalue weighted by atomic mass is 35.5. The summed E-state index contributed by atoms with van der Waals surface area (Å²) < 4.78 is 16.5. The van der Waals surface area contributed by atoms with Gasteiger partial charge in [0.15, 0.2) is 17.5 Å². The minimum absolute atomic E-state index is 0.265. The molecule has 0 atom stereocenters. The van der Waals surface area contributed by atoms with Crippen LogP contribution in [0.3, 0.4) is 0 Å². The maximum atomic E-state index is 12.1. The monoisotopic (exact) mass is 475 g/mol. The lowest BCUT2D eigenvalue weighted by atomic mass is 10.1. The molecule has 4 N–H and O–H groups in total. The molecule has 0 bridgehead atoms. The van der Waals surface area contributed by atoms with Gasteiger partial charge in [-0.15, -0.1) is 0 Å². The van der Waals surface area contributed by atoms with Gasteiger partial charge in [-0.05, 0) is 29.8 Å². The molecule has 178 valence electrons. The van der Waals surface area contributed by atoms with Gasteiger partial charge in [-0.1, -0.05) is 17.7 Å². The van der Waals surface area contributed by atoms with E-state index in [4.69, 9.17) is 37.3 Å². The van der Waals surface area contributed by atoms with Crippen molar-refractivity contribution in [2.45, 2.75) is 13.1 Å². The van der Waals surface area contributed by atoms with E-state index < -0.39 is 5.91 Å². The summed E-state index contributed by atoms with van der Waals surface area (Å²) in [6, 6.07) is 8.97.